The van der Waals surface area contributed by atoms with Crippen LogP contribution in [0.1, 0.15) is 39.5 Å². The van der Waals surface area contributed by atoms with Crippen LogP contribution >= 0.6 is 0 Å². The van der Waals surface area contributed by atoms with E-state index in [1.54, 1.807) is 27.4 Å². The van der Waals surface area contributed by atoms with Crippen molar-refractivity contribution in [3.05, 3.63) is 48.5 Å². The van der Waals surface area contributed by atoms with E-state index in [4.69, 9.17) is 18.9 Å². The Kier molecular flexibility index (Phi) is 8.05. The summed E-state index contributed by atoms with van der Waals surface area (Å²) in [5.74, 6) is 3.29. The van der Waals surface area contributed by atoms with E-state index < -0.39 is 0 Å². The Morgan fingerprint density at radius 2 is 1.65 bits per heavy atom. The molecule has 0 saturated heterocycles. The molecule has 4 aromatic rings. The van der Waals surface area contributed by atoms with Gasteiger partial charge in [0.25, 0.3) is 0 Å². The van der Waals surface area contributed by atoms with Gasteiger partial charge in [0.2, 0.25) is 0 Å². The van der Waals surface area contributed by atoms with E-state index in [1.807, 2.05) is 30.3 Å². The zero-order valence-electron chi connectivity index (χ0n) is 19.2. The second-order valence-electron chi connectivity index (χ2n) is 7.66. The van der Waals surface area contributed by atoms with Gasteiger partial charge in [-0.3, -0.25) is 0 Å². The van der Waals surface area contributed by atoms with Crippen molar-refractivity contribution >= 4 is 21.5 Å². The minimum absolute atomic E-state index is 0.547. The predicted octanol–water partition coefficient (Wildman–Crippen LogP) is 6.78. The van der Waals surface area contributed by atoms with Gasteiger partial charge in [-0.2, -0.15) is 0 Å². The molecule has 164 valence electrons. The molecule has 4 nitrogen and oxygen atoms in total. The summed E-state index contributed by atoms with van der Waals surface area (Å²) in [5.41, 5.74) is 0. The number of methoxy groups -OCH3 is 3. The number of fused-ring (bicyclic) bond motifs is 5. The first kappa shape index (κ1) is 22.8. The van der Waals surface area contributed by atoms with Gasteiger partial charge in [-0.05, 0) is 48.1 Å². The standard InChI is InChI=1S/C27H32O4/c1-6-8-9-19(7-2)18-31-21-11-13-22-23-12-10-20(16-27(23)30-5)25(28-3)14-15-26(29-4)24(22)17-21/h10,12-14,16-17,19H,6-9,18H2,1-5H3. The van der Waals surface area contributed by atoms with E-state index in [9.17, 15) is 0 Å². The molecule has 0 aliphatic carbocycles. The second-order valence-corrected chi connectivity index (χ2v) is 7.66. The summed E-state index contributed by atoms with van der Waals surface area (Å²) in [4.78, 5) is 0. The van der Waals surface area contributed by atoms with Gasteiger partial charge in [0.1, 0.15) is 23.0 Å². The minimum Gasteiger partial charge on any atom is -0.496 e. The summed E-state index contributed by atoms with van der Waals surface area (Å²) in [6, 6.07) is 18.3. The molecule has 0 spiro atoms. The summed E-state index contributed by atoms with van der Waals surface area (Å²) in [6.07, 6.45) is 4.72. The van der Waals surface area contributed by atoms with Gasteiger partial charge >= 0.3 is 0 Å². The van der Waals surface area contributed by atoms with Crippen LogP contribution in [0.3, 0.4) is 0 Å². The van der Waals surface area contributed by atoms with Crippen molar-refractivity contribution in [1.29, 1.82) is 0 Å². The van der Waals surface area contributed by atoms with Crippen molar-refractivity contribution in [1.82, 2.24) is 0 Å². The molecule has 0 fully saturated rings. The van der Waals surface area contributed by atoms with Gasteiger partial charge in [-0.25, -0.2) is 0 Å². The first-order valence-corrected chi connectivity index (χ1v) is 10.9. The lowest BCUT2D eigenvalue weighted by Gasteiger charge is -2.16. The van der Waals surface area contributed by atoms with E-state index in [0.29, 0.717) is 29.8 Å². The van der Waals surface area contributed by atoms with Crippen molar-refractivity contribution in [2.45, 2.75) is 39.5 Å². The normalized spacial score (nSPS) is 11.9. The van der Waals surface area contributed by atoms with Crippen LogP contribution < -0.4 is 18.9 Å². The average Bonchev–Trinajstić information content (AvgIpc) is 2.82. The van der Waals surface area contributed by atoms with Crippen LogP contribution in [0.2, 0.25) is 0 Å². The predicted molar refractivity (Wildman–Crippen MR) is 126 cm³/mol. The first-order valence-electron chi connectivity index (χ1n) is 10.9. The maximum Gasteiger partial charge on any atom is 0.134 e. The molecule has 4 heteroatoms. The molecule has 0 aromatic heterocycles. The van der Waals surface area contributed by atoms with Crippen molar-refractivity contribution in [3.8, 4) is 23.0 Å². The molecule has 31 heavy (non-hydrogen) atoms. The Morgan fingerprint density at radius 1 is 0.839 bits per heavy atom. The molecule has 0 amide bonds. The molecule has 0 saturated carbocycles. The van der Waals surface area contributed by atoms with Crippen LogP contribution in [-0.2, 0) is 0 Å². The monoisotopic (exact) mass is 420 g/mol. The van der Waals surface area contributed by atoms with Crippen molar-refractivity contribution in [2.75, 3.05) is 27.9 Å². The zero-order valence-corrected chi connectivity index (χ0v) is 19.2. The second kappa shape index (κ2) is 10.9. The molecule has 1 atom stereocenters. The molecule has 0 aliphatic heterocycles. The lowest BCUT2D eigenvalue weighted by molar-refractivity contribution is 0.233. The van der Waals surface area contributed by atoms with E-state index in [1.165, 1.54) is 19.3 Å². The fourth-order valence-corrected chi connectivity index (χ4v) is 3.78. The van der Waals surface area contributed by atoms with Gasteiger partial charge in [0.15, 0.2) is 0 Å². The molecule has 2 radical (unpaired) electrons. The van der Waals surface area contributed by atoms with Crippen LogP contribution in [-0.4, -0.2) is 27.9 Å². The highest BCUT2D eigenvalue weighted by Gasteiger charge is 2.11. The molecular weight excluding hydrogens is 388 g/mol. The number of hydrogen-bond acceptors (Lipinski definition) is 4. The molecule has 0 aliphatic rings. The van der Waals surface area contributed by atoms with Gasteiger partial charge in [0.05, 0.1) is 27.9 Å². The summed E-state index contributed by atoms with van der Waals surface area (Å²) < 4.78 is 23.1. The molecular formula is C27H32O4. The number of hydrogen-bond donors (Lipinski definition) is 0. The number of benzene rings is 2. The molecule has 0 heterocycles. The van der Waals surface area contributed by atoms with E-state index in [-0.39, 0.29) is 0 Å². The number of ether oxygens (including phenoxy) is 4. The topological polar surface area (TPSA) is 36.9 Å². The Morgan fingerprint density at radius 3 is 2.32 bits per heavy atom. The summed E-state index contributed by atoms with van der Waals surface area (Å²) >= 11 is 0. The lowest BCUT2D eigenvalue weighted by atomic mass is 10.0. The molecule has 4 rings (SSSR count). The quantitative estimate of drug-likeness (QED) is 0.362. The highest BCUT2D eigenvalue weighted by Crippen LogP contribution is 2.36. The summed E-state index contributed by atoms with van der Waals surface area (Å²) in [6.45, 7) is 5.13. The van der Waals surface area contributed by atoms with Crippen LogP contribution in [0.4, 0.5) is 0 Å². The Balaban J connectivity index is 2.15. The Hall–Kier alpha value is -2.88. The molecule has 4 aromatic carbocycles. The SMILES string of the molecule is CCCCC(CC)COc1[c]cc2c(c1)c(OC)[c]cc(OC)c1ccc2c(OC)c1. The van der Waals surface area contributed by atoms with Gasteiger partial charge in [0, 0.05) is 28.3 Å². The van der Waals surface area contributed by atoms with Gasteiger partial charge in [-0.1, -0.05) is 39.2 Å². The number of unbranched alkanes of at least 4 members (excludes halogenated alkanes) is 1. The van der Waals surface area contributed by atoms with Crippen molar-refractivity contribution in [2.24, 2.45) is 5.92 Å². The van der Waals surface area contributed by atoms with Crippen molar-refractivity contribution < 1.29 is 18.9 Å². The van der Waals surface area contributed by atoms with Crippen LogP contribution in [0.25, 0.3) is 21.5 Å². The maximum absolute atomic E-state index is 6.15. The Bertz CT molecular complexity index is 1040. The molecule has 2 bridgehead atoms. The fraction of sp³-hybridized carbons (Fsp3) is 0.407. The average molecular weight is 421 g/mol. The van der Waals surface area contributed by atoms with E-state index >= 15 is 0 Å². The fourth-order valence-electron chi connectivity index (χ4n) is 3.78. The van der Waals surface area contributed by atoms with Crippen LogP contribution in [0.15, 0.2) is 36.4 Å². The zero-order chi connectivity index (χ0) is 22.2. The van der Waals surface area contributed by atoms with E-state index in [2.05, 4.69) is 26.0 Å². The van der Waals surface area contributed by atoms with E-state index in [0.717, 1.165) is 33.7 Å². The summed E-state index contributed by atoms with van der Waals surface area (Å²) in [7, 11) is 4.96. The summed E-state index contributed by atoms with van der Waals surface area (Å²) in [5, 5.41) is 3.69. The third-order valence-corrected chi connectivity index (χ3v) is 5.72. The Labute approximate surface area is 185 Å². The third kappa shape index (κ3) is 5.25. The lowest BCUT2D eigenvalue weighted by Crippen LogP contribution is -2.11. The minimum atomic E-state index is 0.547. The molecule has 1 unspecified atom stereocenters. The largest absolute Gasteiger partial charge is 0.496 e. The van der Waals surface area contributed by atoms with Crippen molar-refractivity contribution in [3.63, 3.8) is 0 Å². The third-order valence-electron chi connectivity index (χ3n) is 5.72. The smallest absolute Gasteiger partial charge is 0.134 e. The highest BCUT2D eigenvalue weighted by molar-refractivity contribution is 6.03. The van der Waals surface area contributed by atoms with Crippen LogP contribution in [0, 0.1) is 18.1 Å². The van der Waals surface area contributed by atoms with Gasteiger partial charge in [-0.15, -0.1) is 0 Å². The maximum atomic E-state index is 6.15. The van der Waals surface area contributed by atoms with Crippen LogP contribution in [0.5, 0.6) is 23.0 Å². The number of rotatable bonds is 10. The van der Waals surface area contributed by atoms with Gasteiger partial charge < -0.3 is 18.9 Å². The highest BCUT2D eigenvalue weighted by atomic mass is 16.5. The first-order chi connectivity index (χ1) is 15.1. The molecule has 0 N–H and O–H groups in total.